The van der Waals surface area contributed by atoms with E-state index in [1.807, 2.05) is 6.92 Å². The van der Waals surface area contributed by atoms with Gasteiger partial charge in [0.2, 0.25) is 5.82 Å². The molecule has 0 atom stereocenters. The summed E-state index contributed by atoms with van der Waals surface area (Å²) in [7, 11) is 0. The summed E-state index contributed by atoms with van der Waals surface area (Å²) < 4.78 is 47.3. The zero-order valence-electron chi connectivity index (χ0n) is 17.2. The van der Waals surface area contributed by atoms with Crippen molar-refractivity contribution >= 4 is 16.9 Å². The van der Waals surface area contributed by atoms with Gasteiger partial charge in [0.05, 0.1) is 17.6 Å². The molecule has 2 aromatic carbocycles. The first-order valence-corrected chi connectivity index (χ1v) is 10.4. The third-order valence-electron chi connectivity index (χ3n) is 5.66. The number of hydrogen-bond acceptors (Lipinski definition) is 3. The highest BCUT2D eigenvalue weighted by molar-refractivity contribution is 5.94. The Morgan fingerprint density at radius 1 is 1.10 bits per heavy atom. The Hall–Kier alpha value is -3.03. The summed E-state index contributed by atoms with van der Waals surface area (Å²) in [5, 5.41) is 0. The molecule has 0 saturated carbocycles. The summed E-state index contributed by atoms with van der Waals surface area (Å²) in [6.07, 6.45) is -3.22. The third kappa shape index (κ3) is 4.52. The van der Waals surface area contributed by atoms with Gasteiger partial charge in [0, 0.05) is 25.2 Å². The maximum atomic E-state index is 13.5. The molecule has 4 rings (SSSR count). The number of rotatable bonds is 5. The van der Waals surface area contributed by atoms with Crippen molar-refractivity contribution in [2.45, 2.75) is 32.5 Å². The first-order chi connectivity index (χ1) is 14.9. The van der Waals surface area contributed by atoms with Gasteiger partial charge in [0.1, 0.15) is 5.75 Å². The second kappa shape index (κ2) is 8.61. The molecule has 0 spiro atoms. The molecule has 5 nitrogen and oxygen atoms in total. The van der Waals surface area contributed by atoms with E-state index in [-0.39, 0.29) is 18.4 Å². The molecule has 0 radical (unpaired) electrons. The van der Waals surface area contributed by atoms with E-state index in [0.29, 0.717) is 54.9 Å². The predicted molar refractivity (Wildman–Crippen MR) is 111 cm³/mol. The van der Waals surface area contributed by atoms with Gasteiger partial charge in [-0.15, -0.1) is 0 Å². The molecule has 8 heteroatoms. The van der Waals surface area contributed by atoms with Gasteiger partial charge in [-0.05, 0) is 62.1 Å². The number of nitrogens with zero attached hydrogens (tertiary/aromatic N) is 3. The molecule has 1 amide bonds. The Morgan fingerprint density at radius 2 is 1.77 bits per heavy atom. The summed E-state index contributed by atoms with van der Waals surface area (Å²) in [6, 6.07) is 13.7. The fourth-order valence-corrected chi connectivity index (χ4v) is 4.10. The molecule has 0 bridgehead atoms. The molecule has 1 aliphatic rings. The number of ether oxygens (including phenoxy) is 1. The zero-order valence-corrected chi connectivity index (χ0v) is 17.2. The van der Waals surface area contributed by atoms with Crippen LogP contribution < -0.4 is 4.74 Å². The number of carbonyl (C=O) groups excluding carboxylic acids is 1. The molecule has 2 heterocycles. The van der Waals surface area contributed by atoms with Gasteiger partial charge in [-0.25, -0.2) is 4.98 Å². The van der Waals surface area contributed by atoms with Crippen molar-refractivity contribution in [1.29, 1.82) is 0 Å². The Kier molecular flexibility index (Phi) is 5.89. The number of benzene rings is 2. The SMILES string of the molecule is CCOc1ccc(C(=O)N2CCC(Cn3c(C(F)(F)F)nc4ccccc43)CC2)cc1. The lowest BCUT2D eigenvalue weighted by Gasteiger charge is -2.32. The standard InChI is InChI=1S/C23H24F3N3O2/c1-2-31-18-9-7-17(8-10-18)21(30)28-13-11-16(12-14-28)15-29-20-6-4-3-5-19(20)27-22(29)23(24,25)26/h3-10,16H,2,11-15H2,1H3. The van der Waals surface area contributed by atoms with E-state index in [0.717, 1.165) is 0 Å². The van der Waals surface area contributed by atoms with E-state index in [2.05, 4.69) is 4.98 Å². The van der Waals surface area contributed by atoms with Crippen LogP contribution in [0.4, 0.5) is 13.2 Å². The Balaban J connectivity index is 1.43. The molecule has 0 unspecified atom stereocenters. The largest absolute Gasteiger partial charge is 0.494 e. The monoisotopic (exact) mass is 431 g/mol. The van der Waals surface area contributed by atoms with Gasteiger partial charge in [0.25, 0.3) is 5.91 Å². The molecule has 1 aliphatic heterocycles. The lowest BCUT2D eigenvalue weighted by atomic mass is 9.96. The molecular weight excluding hydrogens is 407 g/mol. The summed E-state index contributed by atoms with van der Waals surface area (Å²) in [6.45, 7) is 3.73. The van der Waals surface area contributed by atoms with Gasteiger partial charge in [-0.1, -0.05) is 12.1 Å². The van der Waals surface area contributed by atoms with Crippen molar-refractivity contribution in [2.24, 2.45) is 5.92 Å². The number of halogens is 3. The van der Waals surface area contributed by atoms with Gasteiger partial charge in [-0.3, -0.25) is 4.79 Å². The Bertz CT molecular complexity index is 1050. The van der Waals surface area contributed by atoms with Crippen molar-refractivity contribution < 1.29 is 22.7 Å². The highest BCUT2D eigenvalue weighted by Crippen LogP contribution is 2.33. The summed E-state index contributed by atoms with van der Waals surface area (Å²) in [5.74, 6) is -0.166. The highest BCUT2D eigenvalue weighted by atomic mass is 19.4. The van der Waals surface area contributed by atoms with Crippen molar-refractivity contribution in [3.05, 3.63) is 59.9 Å². The van der Waals surface area contributed by atoms with Crippen LogP contribution in [0.3, 0.4) is 0 Å². The predicted octanol–water partition coefficient (Wildman–Crippen LogP) is 5.01. The van der Waals surface area contributed by atoms with E-state index < -0.39 is 12.0 Å². The fraction of sp³-hybridized carbons (Fsp3) is 0.391. The van der Waals surface area contributed by atoms with Crippen LogP contribution in [-0.2, 0) is 12.7 Å². The number of alkyl halides is 3. The minimum absolute atomic E-state index is 0.0445. The quantitative estimate of drug-likeness (QED) is 0.571. The van der Waals surface area contributed by atoms with Crippen LogP contribution in [0.1, 0.15) is 35.9 Å². The molecular formula is C23H24F3N3O2. The van der Waals surface area contributed by atoms with Gasteiger partial charge >= 0.3 is 6.18 Å². The molecule has 3 aromatic rings. The van der Waals surface area contributed by atoms with Crippen molar-refractivity contribution in [2.75, 3.05) is 19.7 Å². The van der Waals surface area contributed by atoms with Crippen LogP contribution in [0.15, 0.2) is 48.5 Å². The summed E-state index contributed by atoms with van der Waals surface area (Å²) in [5.41, 5.74) is 1.42. The molecule has 0 N–H and O–H groups in total. The van der Waals surface area contributed by atoms with Crippen LogP contribution in [0, 0.1) is 5.92 Å². The smallest absolute Gasteiger partial charge is 0.449 e. The zero-order chi connectivity index (χ0) is 22.0. The van der Waals surface area contributed by atoms with E-state index in [1.54, 1.807) is 53.4 Å². The molecule has 31 heavy (non-hydrogen) atoms. The van der Waals surface area contributed by atoms with Crippen LogP contribution in [0.25, 0.3) is 11.0 Å². The number of likely N-dealkylation sites (tertiary alicyclic amines) is 1. The molecule has 164 valence electrons. The number of aromatic nitrogens is 2. The second-order valence-electron chi connectivity index (χ2n) is 7.73. The fourth-order valence-electron chi connectivity index (χ4n) is 4.10. The van der Waals surface area contributed by atoms with E-state index >= 15 is 0 Å². The van der Waals surface area contributed by atoms with Crippen LogP contribution in [-0.4, -0.2) is 40.1 Å². The number of imidazole rings is 1. The van der Waals surface area contributed by atoms with E-state index in [9.17, 15) is 18.0 Å². The van der Waals surface area contributed by atoms with Crippen LogP contribution in [0.5, 0.6) is 5.75 Å². The topological polar surface area (TPSA) is 47.4 Å². The van der Waals surface area contributed by atoms with Crippen LogP contribution in [0.2, 0.25) is 0 Å². The average molecular weight is 431 g/mol. The van der Waals surface area contributed by atoms with E-state index in [1.165, 1.54) is 4.57 Å². The Morgan fingerprint density at radius 3 is 2.42 bits per heavy atom. The molecule has 0 aliphatic carbocycles. The lowest BCUT2D eigenvalue weighted by Crippen LogP contribution is -2.39. The third-order valence-corrected chi connectivity index (χ3v) is 5.66. The number of carbonyl (C=O) groups is 1. The minimum atomic E-state index is -4.51. The first kappa shape index (κ1) is 21.2. The summed E-state index contributed by atoms with van der Waals surface area (Å²) >= 11 is 0. The number of para-hydroxylation sites is 2. The second-order valence-corrected chi connectivity index (χ2v) is 7.73. The maximum absolute atomic E-state index is 13.5. The van der Waals surface area contributed by atoms with Crippen LogP contribution >= 0.6 is 0 Å². The van der Waals surface area contributed by atoms with Gasteiger partial charge in [-0.2, -0.15) is 13.2 Å². The first-order valence-electron chi connectivity index (χ1n) is 10.4. The average Bonchev–Trinajstić information content (AvgIpc) is 3.14. The number of fused-ring (bicyclic) bond motifs is 1. The van der Waals surface area contributed by atoms with Gasteiger partial charge < -0.3 is 14.2 Å². The van der Waals surface area contributed by atoms with Crippen molar-refractivity contribution in [3.8, 4) is 5.75 Å². The number of hydrogen-bond donors (Lipinski definition) is 0. The minimum Gasteiger partial charge on any atom is -0.494 e. The van der Waals surface area contributed by atoms with Crippen molar-refractivity contribution in [3.63, 3.8) is 0 Å². The maximum Gasteiger partial charge on any atom is 0.449 e. The lowest BCUT2D eigenvalue weighted by molar-refractivity contribution is -0.147. The highest BCUT2D eigenvalue weighted by Gasteiger charge is 2.38. The number of amides is 1. The molecule has 1 aromatic heterocycles. The Labute approximate surface area is 178 Å². The normalized spacial score (nSPS) is 15.4. The summed E-state index contributed by atoms with van der Waals surface area (Å²) in [4.78, 5) is 18.4. The van der Waals surface area contributed by atoms with Crippen molar-refractivity contribution in [1.82, 2.24) is 14.5 Å². The molecule has 1 saturated heterocycles. The van der Waals surface area contributed by atoms with Gasteiger partial charge in [0.15, 0.2) is 0 Å². The number of piperidine rings is 1. The van der Waals surface area contributed by atoms with E-state index in [4.69, 9.17) is 4.74 Å². The molecule has 1 fully saturated rings.